The van der Waals surface area contributed by atoms with Crippen LogP contribution in [0.25, 0.3) is 0 Å². The van der Waals surface area contributed by atoms with Gasteiger partial charge in [-0.25, -0.2) is 0 Å². The molecule has 1 aliphatic heterocycles. The van der Waals surface area contributed by atoms with Gasteiger partial charge in [0.15, 0.2) is 18.1 Å². The third kappa shape index (κ3) is 3.40. The largest absolute Gasteiger partial charge is 0.504 e. The molecule has 0 bridgehead atoms. The van der Waals surface area contributed by atoms with E-state index in [1.807, 2.05) is 0 Å². The first-order valence-corrected chi connectivity index (χ1v) is 7.38. The number of phenolic OH excluding ortho intramolecular Hbond substituents is 2. The molecule has 0 aliphatic carbocycles. The summed E-state index contributed by atoms with van der Waals surface area (Å²) >= 11 is 0. The van der Waals surface area contributed by atoms with Crippen molar-refractivity contribution in [3.05, 3.63) is 47.5 Å². The number of rotatable bonds is 4. The number of carbonyl (C=O) groups excluding carboxylic acids is 2. The fraction of sp³-hybridized carbons (Fsp3) is 0.176. The molecule has 124 valence electrons. The van der Waals surface area contributed by atoms with Crippen LogP contribution in [0.4, 0.5) is 5.69 Å². The molecule has 0 atom stereocenters. The zero-order valence-corrected chi connectivity index (χ0v) is 12.7. The maximum absolute atomic E-state index is 12.2. The molecule has 0 spiro atoms. The number of aromatic hydroxyl groups is 2. The van der Waals surface area contributed by atoms with Crippen LogP contribution in [-0.4, -0.2) is 35.2 Å². The van der Waals surface area contributed by atoms with Gasteiger partial charge in [-0.15, -0.1) is 0 Å². The maximum Gasteiger partial charge on any atom is 0.262 e. The summed E-state index contributed by atoms with van der Waals surface area (Å²) < 4.78 is 5.24. The van der Waals surface area contributed by atoms with Crippen LogP contribution < -0.4 is 15.4 Å². The van der Waals surface area contributed by atoms with Crippen molar-refractivity contribution in [2.75, 3.05) is 18.5 Å². The van der Waals surface area contributed by atoms with E-state index in [4.69, 9.17) is 4.74 Å². The first-order chi connectivity index (χ1) is 11.5. The summed E-state index contributed by atoms with van der Waals surface area (Å²) in [6.45, 7) is 0.334. The molecule has 0 saturated carbocycles. The summed E-state index contributed by atoms with van der Waals surface area (Å²) in [5.74, 6) is -0.371. The lowest BCUT2D eigenvalue weighted by Crippen LogP contribution is -2.28. The van der Waals surface area contributed by atoms with Crippen LogP contribution in [0.15, 0.2) is 36.4 Å². The Bertz CT molecular complexity index is 804. The minimum atomic E-state index is -0.277. The van der Waals surface area contributed by atoms with Crippen molar-refractivity contribution in [2.45, 2.75) is 6.42 Å². The van der Waals surface area contributed by atoms with Crippen LogP contribution in [0.2, 0.25) is 0 Å². The third-order valence-corrected chi connectivity index (χ3v) is 3.61. The van der Waals surface area contributed by atoms with Crippen molar-refractivity contribution in [1.29, 1.82) is 0 Å². The molecule has 3 rings (SSSR count). The zero-order chi connectivity index (χ0) is 17.1. The molecule has 0 radical (unpaired) electrons. The fourth-order valence-electron chi connectivity index (χ4n) is 2.37. The Morgan fingerprint density at radius 1 is 1.17 bits per heavy atom. The number of amides is 2. The van der Waals surface area contributed by atoms with Gasteiger partial charge in [0.1, 0.15) is 5.75 Å². The van der Waals surface area contributed by atoms with Gasteiger partial charge >= 0.3 is 0 Å². The maximum atomic E-state index is 12.2. The van der Waals surface area contributed by atoms with Gasteiger partial charge in [0.05, 0.1) is 5.69 Å². The molecular formula is C17H16N2O5. The van der Waals surface area contributed by atoms with Gasteiger partial charge in [-0.2, -0.15) is 0 Å². The van der Waals surface area contributed by atoms with Gasteiger partial charge in [-0.05, 0) is 42.3 Å². The summed E-state index contributed by atoms with van der Waals surface area (Å²) in [5.41, 5.74) is 1.67. The van der Waals surface area contributed by atoms with E-state index in [0.717, 1.165) is 5.56 Å². The average Bonchev–Trinajstić information content (AvgIpc) is 2.57. The lowest BCUT2D eigenvalue weighted by molar-refractivity contribution is -0.118. The molecule has 7 heteroatoms. The van der Waals surface area contributed by atoms with Crippen LogP contribution in [0.5, 0.6) is 17.2 Å². The number of phenols is 2. The van der Waals surface area contributed by atoms with E-state index < -0.39 is 0 Å². The molecule has 0 saturated heterocycles. The minimum Gasteiger partial charge on any atom is -0.504 e. The van der Waals surface area contributed by atoms with Crippen LogP contribution in [-0.2, 0) is 11.2 Å². The number of benzene rings is 2. The predicted molar refractivity (Wildman–Crippen MR) is 86.4 cm³/mol. The van der Waals surface area contributed by atoms with E-state index in [2.05, 4.69) is 10.6 Å². The standard InChI is InChI=1S/C17H16N2O5/c20-13-3-1-10(7-14(13)21)5-6-18-17(23)11-2-4-15-12(8-11)19-16(22)9-24-15/h1-4,7-8,20-21H,5-6,9H2,(H,18,23)(H,19,22). The van der Waals surface area contributed by atoms with Crippen molar-refractivity contribution in [3.63, 3.8) is 0 Å². The summed E-state index contributed by atoms with van der Waals surface area (Å²) in [4.78, 5) is 23.5. The minimum absolute atomic E-state index is 0.0297. The van der Waals surface area contributed by atoms with E-state index in [0.29, 0.717) is 30.0 Å². The van der Waals surface area contributed by atoms with Gasteiger partial charge < -0.3 is 25.6 Å². The Balaban J connectivity index is 1.60. The van der Waals surface area contributed by atoms with Crippen molar-refractivity contribution < 1.29 is 24.5 Å². The molecule has 0 fully saturated rings. The molecule has 1 heterocycles. The van der Waals surface area contributed by atoms with E-state index in [1.54, 1.807) is 24.3 Å². The number of ether oxygens (including phenoxy) is 1. The highest BCUT2D eigenvalue weighted by atomic mass is 16.5. The van der Waals surface area contributed by atoms with Crippen molar-refractivity contribution in [2.24, 2.45) is 0 Å². The topological polar surface area (TPSA) is 108 Å². The van der Waals surface area contributed by atoms with Crippen LogP contribution in [0.3, 0.4) is 0 Å². The van der Waals surface area contributed by atoms with E-state index in [9.17, 15) is 19.8 Å². The number of hydrogen-bond donors (Lipinski definition) is 4. The third-order valence-electron chi connectivity index (χ3n) is 3.61. The fourth-order valence-corrected chi connectivity index (χ4v) is 2.37. The normalized spacial score (nSPS) is 12.8. The predicted octanol–water partition coefficient (Wildman–Crippen LogP) is 1.40. The number of hydrogen-bond acceptors (Lipinski definition) is 5. The molecule has 0 unspecified atom stereocenters. The Labute approximate surface area is 137 Å². The smallest absolute Gasteiger partial charge is 0.262 e. The second kappa shape index (κ2) is 6.49. The van der Waals surface area contributed by atoms with Gasteiger partial charge in [-0.1, -0.05) is 6.07 Å². The number of fused-ring (bicyclic) bond motifs is 1. The van der Waals surface area contributed by atoms with E-state index >= 15 is 0 Å². The molecule has 2 aromatic rings. The number of anilines is 1. The Morgan fingerprint density at radius 2 is 2.00 bits per heavy atom. The van der Waals surface area contributed by atoms with Gasteiger partial charge in [0, 0.05) is 12.1 Å². The molecule has 4 N–H and O–H groups in total. The van der Waals surface area contributed by atoms with E-state index in [1.165, 1.54) is 12.1 Å². The summed E-state index contributed by atoms with van der Waals surface area (Å²) in [6, 6.07) is 9.35. The summed E-state index contributed by atoms with van der Waals surface area (Å²) in [7, 11) is 0. The van der Waals surface area contributed by atoms with Gasteiger partial charge in [0.25, 0.3) is 11.8 Å². The van der Waals surface area contributed by atoms with Crippen LogP contribution in [0.1, 0.15) is 15.9 Å². The summed E-state index contributed by atoms with van der Waals surface area (Å²) in [6.07, 6.45) is 0.504. The highest BCUT2D eigenvalue weighted by molar-refractivity contribution is 5.99. The van der Waals surface area contributed by atoms with Crippen molar-refractivity contribution in [3.8, 4) is 17.2 Å². The second-order valence-electron chi connectivity index (χ2n) is 5.38. The Kier molecular flexibility index (Phi) is 4.24. The quantitative estimate of drug-likeness (QED) is 0.635. The van der Waals surface area contributed by atoms with E-state index in [-0.39, 0.29) is 29.9 Å². The monoisotopic (exact) mass is 328 g/mol. The first kappa shape index (κ1) is 15.7. The van der Waals surface area contributed by atoms with Crippen molar-refractivity contribution in [1.82, 2.24) is 5.32 Å². The molecular weight excluding hydrogens is 312 g/mol. The van der Waals surface area contributed by atoms with Crippen LogP contribution >= 0.6 is 0 Å². The van der Waals surface area contributed by atoms with Gasteiger partial charge in [-0.3, -0.25) is 9.59 Å². The SMILES string of the molecule is O=C1COc2ccc(C(=O)NCCc3ccc(O)c(O)c3)cc2N1. The first-order valence-electron chi connectivity index (χ1n) is 7.38. The average molecular weight is 328 g/mol. The molecule has 7 nitrogen and oxygen atoms in total. The van der Waals surface area contributed by atoms with Gasteiger partial charge in [0.2, 0.25) is 0 Å². The number of carbonyl (C=O) groups is 2. The molecule has 2 amide bonds. The molecule has 2 aromatic carbocycles. The zero-order valence-electron chi connectivity index (χ0n) is 12.7. The lowest BCUT2D eigenvalue weighted by atomic mass is 10.1. The highest BCUT2D eigenvalue weighted by Gasteiger charge is 2.17. The summed E-state index contributed by atoms with van der Waals surface area (Å²) in [5, 5.41) is 24.1. The lowest BCUT2D eigenvalue weighted by Gasteiger charge is -2.18. The number of nitrogens with one attached hydrogen (secondary N) is 2. The van der Waals surface area contributed by atoms with Crippen LogP contribution in [0, 0.1) is 0 Å². The molecule has 0 aromatic heterocycles. The highest BCUT2D eigenvalue weighted by Crippen LogP contribution is 2.28. The Morgan fingerprint density at radius 3 is 2.79 bits per heavy atom. The van der Waals surface area contributed by atoms with Crippen molar-refractivity contribution >= 4 is 17.5 Å². The molecule has 1 aliphatic rings. The molecule has 24 heavy (non-hydrogen) atoms. The Hall–Kier alpha value is -3.22. The second-order valence-corrected chi connectivity index (χ2v) is 5.38.